The number of Topliss-reactive ketones (excluding diaryl/α,β-unsaturated/α-hetero) is 1. The van der Waals surface area contributed by atoms with E-state index in [1.54, 1.807) is 6.07 Å². The Hall–Kier alpha value is -0.860. The van der Waals surface area contributed by atoms with E-state index in [9.17, 15) is 4.79 Å². The number of halogens is 1. The fourth-order valence-corrected chi connectivity index (χ4v) is 2.79. The third-order valence-electron chi connectivity index (χ3n) is 3.82. The van der Waals surface area contributed by atoms with E-state index in [1.165, 1.54) is 19.3 Å². The van der Waals surface area contributed by atoms with Crippen molar-refractivity contribution < 1.29 is 4.79 Å². The molecule has 0 amide bonds. The number of ketones is 1. The average Bonchev–Trinajstić information content (AvgIpc) is 2.39. The van der Waals surface area contributed by atoms with Crippen LogP contribution >= 0.6 is 11.6 Å². The van der Waals surface area contributed by atoms with Crippen LogP contribution in [-0.2, 0) is 0 Å². The molecule has 0 unspecified atom stereocenters. The highest BCUT2D eigenvalue weighted by molar-refractivity contribution is 6.34. The number of rotatable bonds is 3. The van der Waals surface area contributed by atoms with Gasteiger partial charge in [0.05, 0.1) is 10.6 Å². The number of carbonyl (C=O) groups excluding carboxylic acids is 1. The molecule has 0 aliphatic carbocycles. The van der Waals surface area contributed by atoms with Gasteiger partial charge in [-0.25, -0.2) is 0 Å². The maximum absolute atomic E-state index is 12.7. The van der Waals surface area contributed by atoms with Crippen molar-refractivity contribution >= 4 is 17.4 Å². The Kier molecular flexibility index (Phi) is 4.08. The number of likely N-dealkylation sites (tertiary alicyclic amines) is 1. The van der Waals surface area contributed by atoms with Gasteiger partial charge in [0.15, 0.2) is 5.78 Å². The molecule has 0 spiro atoms. The summed E-state index contributed by atoms with van der Waals surface area (Å²) in [4.78, 5) is 14.9. The number of hydrogen-bond acceptors (Lipinski definition) is 2. The highest BCUT2D eigenvalue weighted by atomic mass is 35.5. The van der Waals surface area contributed by atoms with Crippen molar-refractivity contribution in [2.24, 2.45) is 0 Å². The van der Waals surface area contributed by atoms with Crippen molar-refractivity contribution in [2.75, 3.05) is 13.1 Å². The van der Waals surface area contributed by atoms with E-state index in [4.69, 9.17) is 11.6 Å². The summed E-state index contributed by atoms with van der Waals surface area (Å²) in [6.45, 7) is 6.01. The molecule has 1 aliphatic heterocycles. The predicted octanol–water partition coefficient (Wildman–Crippen LogP) is 3.79. The van der Waals surface area contributed by atoms with Gasteiger partial charge in [-0.3, -0.25) is 9.69 Å². The largest absolute Gasteiger partial charge is 0.292 e. The molecule has 1 saturated heterocycles. The maximum atomic E-state index is 12.7. The molecule has 98 valence electrons. The second-order valence-corrected chi connectivity index (χ2v) is 5.82. The minimum absolute atomic E-state index is 0.120. The van der Waals surface area contributed by atoms with Crippen molar-refractivity contribution in [1.29, 1.82) is 0 Å². The predicted molar refractivity (Wildman–Crippen MR) is 75.3 cm³/mol. The minimum atomic E-state index is -0.467. The molecule has 1 aliphatic rings. The lowest BCUT2D eigenvalue weighted by Crippen LogP contribution is -2.52. The second kappa shape index (κ2) is 5.41. The first-order valence-electron chi connectivity index (χ1n) is 6.58. The zero-order valence-corrected chi connectivity index (χ0v) is 11.8. The molecule has 1 fully saturated rings. The third kappa shape index (κ3) is 2.60. The van der Waals surface area contributed by atoms with Crippen LogP contribution in [0.25, 0.3) is 0 Å². The smallest absolute Gasteiger partial charge is 0.183 e. The zero-order chi connectivity index (χ0) is 13.2. The maximum Gasteiger partial charge on any atom is 0.183 e. The van der Waals surface area contributed by atoms with Gasteiger partial charge in [0, 0.05) is 5.56 Å². The van der Waals surface area contributed by atoms with Crippen LogP contribution in [-0.4, -0.2) is 29.3 Å². The van der Waals surface area contributed by atoms with Gasteiger partial charge in [0.2, 0.25) is 0 Å². The van der Waals surface area contributed by atoms with Gasteiger partial charge < -0.3 is 0 Å². The molecule has 18 heavy (non-hydrogen) atoms. The summed E-state index contributed by atoms with van der Waals surface area (Å²) >= 11 is 6.12. The normalized spacial score (nSPS) is 17.7. The molecule has 2 rings (SSSR count). The first kappa shape index (κ1) is 13.6. The summed E-state index contributed by atoms with van der Waals surface area (Å²) in [5, 5.41) is 0.549. The fourth-order valence-electron chi connectivity index (χ4n) is 2.57. The third-order valence-corrected chi connectivity index (χ3v) is 4.15. The van der Waals surface area contributed by atoms with E-state index in [-0.39, 0.29) is 5.78 Å². The summed E-state index contributed by atoms with van der Waals surface area (Å²) < 4.78 is 0. The number of carbonyl (C=O) groups is 1. The minimum Gasteiger partial charge on any atom is -0.292 e. The zero-order valence-electron chi connectivity index (χ0n) is 11.1. The topological polar surface area (TPSA) is 20.3 Å². The van der Waals surface area contributed by atoms with Crippen molar-refractivity contribution in [1.82, 2.24) is 4.90 Å². The second-order valence-electron chi connectivity index (χ2n) is 5.42. The summed E-state index contributed by atoms with van der Waals surface area (Å²) in [5.41, 5.74) is 0.167. The van der Waals surface area contributed by atoms with Crippen LogP contribution in [0.3, 0.4) is 0 Å². The molecule has 0 atom stereocenters. The lowest BCUT2D eigenvalue weighted by Gasteiger charge is -2.39. The van der Waals surface area contributed by atoms with E-state index in [2.05, 4.69) is 4.90 Å². The Labute approximate surface area is 114 Å². The number of nitrogens with zero attached hydrogens (tertiary/aromatic N) is 1. The molecule has 3 heteroatoms. The number of hydrogen-bond donors (Lipinski definition) is 0. The monoisotopic (exact) mass is 265 g/mol. The Bertz CT molecular complexity index is 436. The van der Waals surface area contributed by atoms with Gasteiger partial charge >= 0.3 is 0 Å². The van der Waals surface area contributed by atoms with Crippen molar-refractivity contribution in [3.8, 4) is 0 Å². The van der Waals surface area contributed by atoms with Gasteiger partial charge in [-0.15, -0.1) is 0 Å². The van der Waals surface area contributed by atoms with Crippen LogP contribution in [0.1, 0.15) is 43.5 Å². The van der Waals surface area contributed by atoms with Gasteiger partial charge in [0.1, 0.15) is 0 Å². The molecule has 0 bridgehead atoms. The fraction of sp³-hybridized carbons (Fsp3) is 0.533. The molecular formula is C15H20ClNO. The van der Waals surface area contributed by atoms with Gasteiger partial charge in [0.25, 0.3) is 0 Å². The number of piperidine rings is 1. The molecule has 1 aromatic carbocycles. The van der Waals surface area contributed by atoms with Crippen LogP contribution in [0.4, 0.5) is 0 Å². The van der Waals surface area contributed by atoms with Gasteiger partial charge in [-0.1, -0.05) is 30.2 Å². The van der Waals surface area contributed by atoms with Crippen LogP contribution in [0.2, 0.25) is 5.02 Å². The molecule has 0 radical (unpaired) electrons. The Morgan fingerprint density at radius 3 is 2.39 bits per heavy atom. The Morgan fingerprint density at radius 1 is 1.17 bits per heavy atom. The van der Waals surface area contributed by atoms with Crippen LogP contribution < -0.4 is 0 Å². The van der Waals surface area contributed by atoms with E-state index in [1.807, 2.05) is 32.0 Å². The Balaban J connectivity index is 2.24. The van der Waals surface area contributed by atoms with Gasteiger partial charge in [-0.05, 0) is 51.9 Å². The van der Waals surface area contributed by atoms with Crippen molar-refractivity contribution in [2.45, 2.75) is 38.6 Å². The SMILES string of the molecule is CC(C)(C(=O)c1ccccc1Cl)N1CCCCC1. The van der Waals surface area contributed by atoms with Crippen LogP contribution in [0.15, 0.2) is 24.3 Å². The highest BCUT2D eigenvalue weighted by Crippen LogP contribution is 2.27. The van der Waals surface area contributed by atoms with E-state index < -0.39 is 5.54 Å². The molecule has 0 aromatic heterocycles. The molecule has 2 nitrogen and oxygen atoms in total. The van der Waals surface area contributed by atoms with E-state index in [0.29, 0.717) is 10.6 Å². The standard InChI is InChI=1S/C15H20ClNO/c1-15(2,17-10-6-3-7-11-17)14(18)12-8-4-5-9-13(12)16/h4-5,8-9H,3,6-7,10-11H2,1-2H3. The van der Waals surface area contributed by atoms with Crippen molar-refractivity contribution in [3.05, 3.63) is 34.9 Å². The molecule has 1 aromatic rings. The van der Waals surface area contributed by atoms with E-state index >= 15 is 0 Å². The lowest BCUT2D eigenvalue weighted by atomic mass is 9.89. The summed E-state index contributed by atoms with van der Waals surface area (Å²) in [6, 6.07) is 7.32. The lowest BCUT2D eigenvalue weighted by molar-refractivity contribution is 0.0579. The van der Waals surface area contributed by atoms with Crippen LogP contribution in [0, 0.1) is 0 Å². The highest BCUT2D eigenvalue weighted by Gasteiger charge is 2.36. The first-order chi connectivity index (χ1) is 8.53. The molecule has 1 heterocycles. The van der Waals surface area contributed by atoms with Crippen LogP contribution in [0.5, 0.6) is 0 Å². The van der Waals surface area contributed by atoms with Gasteiger partial charge in [-0.2, -0.15) is 0 Å². The number of benzene rings is 1. The molecular weight excluding hydrogens is 246 g/mol. The quantitative estimate of drug-likeness (QED) is 0.775. The average molecular weight is 266 g/mol. The Morgan fingerprint density at radius 2 is 1.78 bits per heavy atom. The summed E-state index contributed by atoms with van der Waals surface area (Å²) in [5.74, 6) is 0.120. The van der Waals surface area contributed by atoms with E-state index in [0.717, 1.165) is 13.1 Å². The van der Waals surface area contributed by atoms with Crippen molar-refractivity contribution in [3.63, 3.8) is 0 Å². The summed E-state index contributed by atoms with van der Waals surface area (Å²) in [6.07, 6.45) is 3.63. The summed E-state index contributed by atoms with van der Waals surface area (Å²) in [7, 11) is 0. The molecule has 0 N–H and O–H groups in total. The first-order valence-corrected chi connectivity index (χ1v) is 6.95. The molecule has 0 saturated carbocycles.